The van der Waals surface area contributed by atoms with E-state index in [1.807, 2.05) is 0 Å². The van der Waals surface area contributed by atoms with Crippen LogP contribution in [-0.2, 0) is 27.2 Å². The molecule has 1 rings (SSSR count). The summed E-state index contributed by atoms with van der Waals surface area (Å²) in [6.07, 6.45) is 0.627. The maximum Gasteiger partial charge on any atom is 0.140 e. The van der Waals surface area contributed by atoms with Gasteiger partial charge in [0.05, 0.1) is 35.7 Å². The second-order valence-corrected chi connectivity index (χ2v) is 4.65. The highest BCUT2D eigenvalue weighted by Crippen LogP contribution is 2.17. The van der Waals surface area contributed by atoms with Crippen LogP contribution in [0, 0.1) is 3.57 Å². The summed E-state index contributed by atoms with van der Waals surface area (Å²) >= 11 is 2.12. The average Bonchev–Trinajstić information content (AvgIpc) is 2.35. The van der Waals surface area contributed by atoms with Crippen LogP contribution in [-0.4, -0.2) is 44.0 Å². The van der Waals surface area contributed by atoms with Gasteiger partial charge >= 0.3 is 0 Å². The monoisotopic (exact) mass is 367 g/mol. The molecule has 0 aromatic carbocycles. The number of anilines is 1. The molecule has 6 nitrogen and oxygen atoms in total. The molecule has 102 valence electrons. The summed E-state index contributed by atoms with van der Waals surface area (Å²) in [6, 6.07) is 0. The zero-order valence-electron chi connectivity index (χ0n) is 10.6. The summed E-state index contributed by atoms with van der Waals surface area (Å²) in [5.41, 5.74) is 6.65. The minimum Gasteiger partial charge on any atom is -0.383 e. The summed E-state index contributed by atoms with van der Waals surface area (Å²) in [5.74, 6) is 1.17. The van der Waals surface area contributed by atoms with Crippen LogP contribution in [0.25, 0.3) is 0 Å². The Labute approximate surface area is 120 Å². The molecule has 0 unspecified atom stereocenters. The molecule has 1 aromatic heterocycles. The predicted octanol–water partition coefficient (Wildman–Crippen LogP) is 1.02. The molecule has 0 aliphatic heterocycles. The lowest BCUT2D eigenvalue weighted by atomic mass is 10.3. The first kappa shape index (κ1) is 15.5. The molecule has 0 amide bonds. The second-order valence-electron chi connectivity index (χ2n) is 3.57. The lowest BCUT2D eigenvalue weighted by Gasteiger charge is -2.08. The molecule has 0 bridgehead atoms. The number of nitrogens with zero attached hydrogens (tertiary/aromatic N) is 2. The van der Waals surface area contributed by atoms with Crippen LogP contribution in [0.3, 0.4) is 0 Å². The summed E-state index contributed by atoms with van der Waals surface area (Å²) in [4.78, 5) is 8.63. The molecule has 0 spiro atoms. The highest BCUT2D eigenvalue weighted by Gasteiger charge is 2.09. The Bertz CT molecular complexity index is 377. The van der Waals surface area contributed by atoms with Gasteiger partial charge in [-0.15, -0.1) is 0 Å². The van der Waals surface area contributed by atoms with E-state index < -0.39 is 0 Å². The molecular weight excluding hydrogens is 349 g/mol. The summed E-state index contributed by atoms with van der Waals surface area (Å²) in [7, 11) is 3.27. The fourth-order valence-corrected chi connectivity index (χ4v) is 1.71. The maximum atomic E-state index is 5.83. The van der Waals surface area contributed by atoms with E-state index >= 15 is 0 Å². The Hall–Kier alpha value is -0.510. The first-order chi connectivity index (χ1) is 8.69. The van der Waals surface area contributed by atoms with Gasteiger partial charge in [0.1, 0.15) is 11.6 Å². The van der Waals surface area contributed by atoms with E-state index in [4.69, 9.17) is 19.9 Å². The van der Waals surface area contributed by atoms with Crippen molar-refractivity contribution in [2.45, 2.75) is 13.0 Å². The number of ether oxygens (including phenoxy) is 3. The van der Waals surface area contributed by atoms with E-state index in [1.54, 1.807) is 14.2 Å². The zero-order valence-corrected chi connectivity index (χ0v) is 12.8. The number of aromatic nitrogens is 2. The first-order valence-corrected chi connectivity index (χ1v) is 6.63. The average molecular weight is 367 g/mol. The Morgan fingerprint density at radius 2 is 1.89 bits per heavy atom. The minimum atomic E-state index is 0.433. The molecule has 1 aromatic rings. The third kappa shape index (κ3) is 5.01. The molecular formula is C11H18IN3O3. The van der Waals surface area contributed by atoms with Crippen molar-refractivity contribution in [2.75, 3.05) is 39.8 Å². The fourth-order valence-electron chi connectivity index (χ4n) is 1.32. The van der Waals surface area contributed by atoms with Crippen LogP contribution in [0.2, 0.25) is 0 Å². The number of hydrogen-bond acceptors (Lipinski definition) is 6. The topological polar surface area (TPSA) is 79.5 Å². The second kappa shape index (κ2) is 8.57. The molecule has 0 aliphatic carbocycles. The molecule has 0 aliphatic rings. The van der Waals surface area contributed by atoms with E-state index in [1.165, 1.54) is 0 Å². The molecule has 0 radical (unpaired) electrons. The van der Waals surface area contributed by atoms with Crippen molar-refractivity contribution in [3.05, 3.63) is 15.1 Å². The summed E-state index contributed by atoms with van der Waals surface area (Å²) < 4.78 is 16.2. The molecule has 1 heterocycles. The Kier molecular flexibility index (Phi) is 7.40. The highest BCUT2D eigenvalue weighted by atomic mass is 127. The largest absolute Gasteiger partial charge is 0.383 e. The SMILES string of the molecule is COCCOCCc1nc(N)c(I)c(COC)n1. The molecule has 0 atom stereocenters. The standard InChI is InChI=1S/C11H18IN3O3/c1-16-5-6-18-4-3-9-14-8(7-17-2)10(12)11(13)15-9/h3-7H2,1-2H3,(H2,13,14,15). The fraction of sp³-hybridized carbons (Fsp3) is 0.636. The molecule has 0 saturated heterocycles. The van der Waals surface area contributed by atoms with Crippen molar-refractivity contribution < 1.29 is 14.2 Å². The zero-order chi connectivity index (χ0) is 13.4. The number of nitrogen functional groups attached to an aromatic ring is 1. The first-order valence-electron chi connectivity index (χ1n) is 5.55. The Morgan fingerprint density at radius 3 is 2.56 bits per heavy atom. The quantitative estimate of drug-likeness (QED) is 0.546. The summed E-state index contributed by atoms with van der Waals surface area (Å²) in [5, 5.41) is 0. The molecule has 18 heavy (non-hydrogen) atoms. The molecule has 0 saturated carbocycles. The van der Waals surface area contributed by atoms with Gasteiger partial charge in [-0.05, 0) is 22.6 Å². The number of halogens is 1. The van der Waals surface area contributed by atoms with E-state index in [0.29, 0.717) is 44.5 Å². The number of rotatable bonds is 8. The van der Waals surface area contributed by atoms with Crippen LogP contribution in [0.1, 0.15) is 11.5 Å². The minimum absolute atomic E-state index is 0.433. The van der Waals surface area contributed by atoms with Gasteiger partial charge in [-0.2, -0.15) is 0 Å². The van der Waals surface area contributed by atoms with Crippen LogP contribution in [0.5, 0.6) is 0 Å². The van der Waals surface area contributed by atoms with Crippen molar-refractivity contribution in [3.63, 3.8) is 0 Å². The van der Waals surface area contributed by atoms with Gasteiger partial charge in [-0.25, -0.2) is 9.97 Å². The third-order valence-electron chi connectivity index (χ3n) is 2.17. The van der Waals surface area contributed by atoms with Gasteiger partial charge in [0.25, 0.3) is 0 Å². The van der Waals surface area contributed by atoms with E-state index in [-0.39, 0.29) is 0 Å². The van der Waals surface area contributed by atoms with Crippen molar-refractivity contribution in [2.24, 2.45) is 0 Å². The van der Waals surface area contributed by atoms with Crippen molar-refractivity contribution in [3.8, 4) is 0 Å². The Morgan fingerprint density at radius 1 is 1.11 bits per heavy atom. The van der Waals surface area contributed by atoms with Crippen molar-refractivity contribution in [1.82, 2.24) is 9.97 Å². The van der Waals surface area contributed by atoms with Gasteiger partial charge in [0.15, 0.2) is 0 Å². The van der Waals surface area contributed by atoms with E-state index in [0.717, 1.165) is 9.26 Å². The van der Waals surface area contributed by atoms with E-state index in [9.17, 15) is 0 Å². The normalized spacial score (nSPS) is 10.8. The highest BCUT2D eigenvalue weighted by molar-refractivity contribution is 14.1. The van der Waals surface area contributed by atoms with Gasteiger partial charge in [-0.1, -0.05) is 0 Å². The molecule has 0 fully saturated rings. The van der Waals surface area contributed by atoms with Crippen LogP contribution >= 0.6 is 22.6 Å². The summed E-state index contributed by atoms with van der Waals surface area (Å²) in [6.45, 7) is 2.14. The van der Waals surface area contributed by atoms with E-state index in [2.05, 4.69) is 32.6 Å². The lowest BCUT2D eigenvalue weighted by Crippen LogP contribution is -2.11. The predicted molar refractivity (Wildman–Crippen MR) is 76.3 cm³/mol. The maximum absolute atomic E-state index is 5.83. The van der Waals surface area contributed by atoms with Crippen LogP contribution in [0.15, 0.2) is 0 Å². The third-order valence-corrected chi connectivity index (χ3v) is 3.35. The number of hydrogen-bond donors (Lipinski definition) is 1. The van der Waals surface area contributed by atoms with Gasteiger partial charge in [-0.3, -0.25) is 0 Å². The van der Waals surface area contributed by atoms with Gasteiger partial charge in [0.2, 0.25) is 0 Å². The Balaban J connectivity index is 2.55. The van der Waals surface area contributed by atoms with Crippen LogP contribution < -0.4 is 5.73 Å². The molecule has 7 heteroatoms. The lowest BCUT2D eigenvalue weighted by molar-refractivity contribution is 0.0716. The number of nitrogens with two attached hydrogens (primary N) is 1. The smallest absolute Gasteiger partial charge is 0.140 e. The van der Waals surface area contributed by atoms with Gasteiger partial charge in [0, 0.05) is 20.6 Å². The molecule has 2 N–H and O–H groups in total. The van der Waals surface area contributed by atoms with Crippen molar-refractivity contribution in [1.29, 1.82) is 0 Å². The van der Waals surface area contributed by atoms with Crippen LogP contribution in [0.4, 0.5) is 5.82 Å². The number of methoxy groups -OCH3 is 2. The van der Waals surface area contributed by atoms with Crippen molar-refractivity contribution >= 4 is 28.4 Å². The van der Waals surface area contributed by atoms with Gasteiger partial charge < -0.3 is 19.9 Å².